The van der Waals surface area contributed by atoms with E-state index in [1.807, 2.05) is 13.8 Å². The van der Waals surface area contributed by atoms with Crippen LogP contribution in [0.15, 0.2) is 23.1 Å². The Morgan fingerprint density at radius 2 is 1.75 bits per heavy atom. The monoisotopic (exact) mass is 303 g/mol. The van der Waals surface area contributed by atoms with Crippen molar-refractivity contribution in [3.05, 3.63) is 18.2 Å². The molecule has 0 amide bonds. The molecule has 0 heterocycles. The predicted molar refractivity (Wildman–Crippen MR) is 75.7 cm³/mol. The number of aliphatic hydroxyl groups is 1. The molecule has 1 N–H and O–H groups in total. The van der Waals surface area contributed by atoms with E-state index in [-0.39, 0.29) is 18.0 Å². The molecule has 0 aromatic heterocycles. The molecular weight excluding hydrogens is 282 g/mol. The molecule has 1 aromatic carbocycles. The Bertz CT molecular complexity index is 530. The number of sulfonamides is 1. The van der Waals surface area contributed by atoms with Gasteiger partial charge in [-0.05, 0) is 26.0 Å². The molecule has 1 rings (SSSR count). The lowest BCUT2D eigenvalue weighted by Crippen LogP contribution is -2.29. The average molecular weight is 303 g/mol. The fourth-order valence-corrected chi connectivity index (χ4v) is 2.81. The summed E-state index contributed by atoms with van der Waals surface area (Å²) >= 11 is 0. The molecule has 0 aliphatic heterocycles. The van der Waals surface area contributed by atoms with E-state index in [4.69, 9.17) is 14.6 Å². The van der Waals surface area contributed by atoms with Crippen LogP contribution in [0.2, 0.25) is 0 Å². The van der Waals surface area contributed by atoms with Crippen LogP contribution in [0.25, 0.3) is 0 Å². The number of ether oxygens (including phenoxy) is 2. The summed E-state index contributed by atoms with van der Waals surface area (Å²) in [5.74, 6) is 0.908. The van der Waals surface area contributed by atoms with Gasteiger partial charge in [0.25, 0.3) is 0 Å². The lowest BCUT2D eigenvalue weighted by atomic mass is 10.3. The molecule has 20 heavy (non-hydrogen) atoms. The van der Waals surface area contributed by atoms with Gasteiger partial charge in [-0.25, -0.2) is 8.42 Å². The summed E-state index contributed by atoms with van der Waals surface area (Å²) in [6.07, 6.45) is 0. The summed E-state index contributed by atoms with van der Waals surface area (Å²) in [4.78, 5) is 0.111. The molecule has 0 bridgehead atoms. The quantitative estimate of drug-likeness (QED) is 0.778. The van der Waals surface area contributed by atoms with Crippen LogP contribution < -0.4 is 9.47 Å². The van der Waals surface area contributed by atoms with Crippen molar-refractivity contribution in [1.82, 2.24) is 4.31 Å². The van der Waals surface area contributed by atoms with Crippen LogP contribution in [0.1, 0.15) is 13.8 Å². The van der Waals surface area contributed by atoms with Gasteiger partial charge in [-0.15, -0.1) is 0 Å². The van der Waals surface area contributed by atoms with Crippen molar-refractivity contribution in [2.24, 2.45) is 0 Å². The maximum atomic E-state index is 12.3. The van der Waals surface area contributed by atoms with Crippen molar-refractivity contribution in [3.8, 4) is 11.5 Å². The largest absolute Gasteiger partial charge is 0.490 e. The second-order valence-electron chi connectivity index (χ2n) is 4.02. The molecule has 0 radical (unpaired) electrons. The Labute approximate surface area is 120 Å². The first kappa shape index (κ1) is 16.7. The van der Waals surface area contributed by atoms with Crippen LogP contribution in [-0.4, -0.2) is 51.2 Å². The fourth-order valence-electron chi connectivity index (χ4n) is 1.63. The minimum atomic E-state index is -3.64. The van der Waals surface area contributed by atoms with E-state index in [0.29, 0.717) is 24.7 Å². The highest BCUT2D eigenvalue weighted by molar-refractivity contribution is 7.89. The van der Waals surface area contributed by atoms with Gasteiger partial charge in [-0.1, -0.05) is 0 Å². The van der Waals surface area contributed by atoms with Crippen LogP contribution in [0.5, 0.6) is 11.5 Å². The number of aliphatic hydroxyl groups excluding tert-OH is 1. The number of benzene rings is 1. The van der Waals surface area contributed by atoms with Crippen LogP contribution >= 0.6 is 0 Å². The number of rotatable bonds is 8. The Balaban J connectivity index is 3.16. The topological polar surface area (TPSA) is 76.1 Å². The fraction of sp³-hybridized carbons (Fsp3) is 0.538. The number of nitrogens with zero attached hydrogens (tertiary/aromatic N) is 1. The standard InChI is InChI=1S/C13H21NO5S/c1-4-18-12-7-6-11(10-13(12)19-5-2)20(16,17)14(3)8-9-15/h6-7,10,15H,4-5,8-9H2,1-3H3. The highest BCUT2D eigenvalue weighted by Crippen LogP contribution is 2.31. The highest BCUT2D eigenvalue weighted by Gasteiger charge is 2.22. The Hall–Kier alpha value is -1.31. The van der Waals surface area contributed by atoms with E-state index in [9.17, 15) is 8.42 Å². The van der Waals surface area contributed by atoms with Gasteiger partial charge in [-0.2, -0.15) is 4.31 Å². The normalized spacial score (nSPS) is 11.7. The molecule has 0 saturated heterocycles. The first-order valence-electron chi connectivity index (χ1n) is 6.44. The molecule has 0 saturated carbocycles. The molecule has 0 atom stereocenters. The van der Waals surface area contributed by atoms with E-state index in [1.54, 1.807) is 6.07 Å². The van der Waals surface area contributed by atoms with Crippen LogP contribution in [0.4, 0.5) is 0 Å². The Kier molecular flexibility index (Phi) is 6.25. The molecule has 6 nitrogen and oxygen atoms in total. The third-order valence-electron chi connectivity index (χ3n) is 2.64. The first-order chi connectivity index (χ1) is 9.47. The number of likely N-dealkylation sites (N-methyl/N-ethyl adjacent to an activating group) is 1. The zero-order valence-corrected chi connectivity index (χ0v) is 12.8. The summed E-state index contributed by atoms with van der Waals surface area (Å²) in [5, 5.41) is 8.85. The third-order valence-corrected chi connectivity index (χ3v) is 4.49. The third kappa shape index (κ3) is 3.84. The molecule has 0 aliphatic carbocycles. The van der Waals surface area contributed by atoms with Crippen LogP contribution in [0, 0.1) is 0 Å². The van der Waals surface area contributed by atoms with Gasteiger partial charge >= 0.3 is 0 Å². The molecular formula is C13H21NO5S. The maximum absolute atomic E-state index is 12.3. The smallest absolute Gasteiger partial charge is 0.243 e. The lowest BCUT2D eigenvalue weighted by molar-refractivity contribution is 0.266. The summed E-state index contributed by atoms with van der Waals surface area (Å²) in [5.41, 5.74) is 0. The van der Waals surface area contributed by atoms with Crippen molar-refractivity contribution >= 4 is 10.0 Å². The second-order valence-corrected chi connectivity index (χ2v) is 6.07. The molecule has 0 aliphatic rings. The van der Waals surface area contributed by atoms with E-state index in [0.717, 1.165) is 4.31 Å². The van der Waals surface area contributed by atoms with Gasteiger partial charge in [0.15, 0.2) is 11.5 Å². The van der Waals surface area contributed by atoms with Gasteiger partial charge in [0.05, 0.1) is 24.7 Å². The van der Waals surface area contributed by atoms with Crippen molar-refractivity contribution in [3.63, 3.8) is 0 Å². The van der Waals surface area contributed by atoms with E-state index >= 15 is 0 Å². The summed E-state index contributed by atoms with van der Waals surface area (Å²) in [6, 6.07) is 4.49. The zero-order valence-electron chi connectivity index (χ0n) is 12.0. The van der Waals surface area contributed by atoms with Gasteiger partial charge in [-0.3, -0.25) is 0 Å². The first-order valence-corrected chi connectivity index (χ1v) is 7.88. The lowest BCUT2D eigenvalue weighted by Gasteiger charge is -2.17. The minimum Gasteiger partial charge on any atom is -0.490 e. The highest BCUT2D eigenvalue weighted by atomic mass is 32.2. The van der Waals surface area contributed by atoms with E-state index in [1.165, 1.54) is 19.2 Å². The molecule has 0 unspecified atom stereocenters. The van der Waals surface area contributed by atoms with Crippen LogP contribution in [-0.2, 0) is 10.0 Å². The average Bonchev–Trinajstić information content (AvgIpc) is 2.41. The van der Waals surface area contributed by atoms with Gasteiger partial charge < -0.3 is 14.6 Å². The Morgan fingerprint density at radius 1 is 1.15 bits per heavy atom. The van der Waals surface area contributed by atoms with Crippen LogP contribution in [0.3, 0.4) is 0 Å². The van der Waals surface area contributed by atoms with Crippen molar-refractivity contribution in [2.45, 2.75) is 18.7 Å². The number of hydrogen-bond donors (Lipinski definition) is 1. The molecule has 0 fully saturated rings. The minimum absolute atomic E-state index is 0.0412. The second kappa shape index (κ2) is 7.47. The Morgan fingerprint density at radius 3 is 2.30 bits per heavy atom. The molecule has 1 aromatic rings. The summed E-state index contributed by atoms with van der Waals surface area (Å²) in [6.45, 7) is 4.35. The number of hydrogen-bond acceptors (Lipinski definition) is 5. The molecule has 114 valence electrons. The van der Waals surface area contributed by atoms with Crippen molar-refractivity contribution in [2.75, 3.05) is 33.4 Å². The summed E-state index contributed by atoms with van der Waals surface area (Å²) in [7, 11) is -2.22. The predicted octanol–water partition coefficient (Wildman–Crippen LogP) is 1.10. The molecule has 7 heteroatoms. The van der Waals surface area contributed by atoms with Gasteiger partial charge in [0, 0.05) is 19.7 Å². The zero-order chi connectivity index (χ0) is 15.2. The SMILES string of the molecule is CCOc1ccc(S(=O)(=O)N(C)CCO)cc1OCC. The van der Waals surface area contributed by atoms with E-state index < -0.39 is 10.0 Å². The van der Waals surface area contributed by atoms with Crippen molar-refractivity contribution in [1.29, 1.82) is 0 Å². The van der Waals surface area contributed by atoms with Gasteiger partial charge in [0.1, 0.15) is 0 Å². The van der Waals surface area contributed by atoms with E-state index in [2.05, 4.69) is 0 Å². The van der Waals surface area contributed by atoms with Crippen molar-refractivity contribution < 1.29 is 23.0 Å². The molecule has 0 spiro atoms. The summed E-state index contributed by atoms with van der Waals surface area (Å²) < 4.78 is 36.4. The van der Waals surface area contributed by atoms with Gasteiger partial charge in [0.2, 0.25) is 10.0 Å². The maximum Gasteiger partial charge on any atom is 0.243 e.